The van der Waals surface area contributed by atoms with Gasteiger partial charge in [0.2, 0.25) is 0 Å². The predicted octanol–water partition coefficient (Wildman–Crippen LogP) is 5.80. The third-order valence-electron chi connectivity index (χ3n) is 8.27. The van der Waals surface area contributed by atoms with Crippen molar-refractivity contribution in [3.63, 3.8) is 0 Å². The van der Waals surface area contributed by atoms with E-state index in [-0.39, 0.29) is 17.0 Å². The average molecular weight is 526 g/mol. The quantitative estimate of drug-likeness (QED) is 0.442. The fourth-order valence-electron chi connectivity index (χ4n) is 4.00. The summed E-state index contributed by atoms with van der Waals surface area (Å²) in [6, 6.07) is 13.1. The van der Waals surface area contributed by atoms with Gasteiger partial charge in [-0.15, -0.1) is 0 Å². The van der Waals surface area contributed by atoms with E-state index in [4.69, 9.17) is 18.5 Å². The molecule has 1 aliphatic heterocycles. The van der Waals surface area contributed by atoms with Crippen LogP contribution >= 0.6 is 0 Å². The standard InChI is InChI=1S/C29H44BNO5Si/c1-20-18-21(30-35-28(5,6)29(7,8)36-30)16-17-22(20)24(19-34-37(10,11)27(2,3)4)31-26(32)23-14-12-13-15-25(23)33-9/h12-18,24H,19H2,1-11H3,(H,31,32). The van der Waals surface area contributed by atoms with Gasteiger partial charge in [0.05, 0.1) is 36.5 Å². The normalized spacial score (nSPS) is 18.0. The van der Waals surface area contributed by atoms with Crippen molar-refractivity contribution in [1.29, 1.82) is 0 Å². The van der Waals surface area contributed by atoms with Crippen molar-refractivity contribution in [3.05, 3.63) is 59.2 Å². The Bertz CT molecular complexity index is 1110. The van der Waals surface area contributed by atoms with Gasteiger partial charge in [-0.1, -0.05) is 51.1 Å². The number of hydrogen-bond donors (Lipinski definition) is 1. The molecule has 1 aliphatic rings. The van der Waals surface area contributed by atoms with Gasteiger partial charge >= 0.3 is 7.12 Å². The Morgan fingerprint density at radius 2 is 1.65 bits per heavy atom. The number of methoxy groups -OCH3 is 1. The molecule has 0 bridgehead atoms. The van der Waals surface area contributed by atoms with Gasteiger partial charge < -0.3 is 23.8 Å². The zero-order valence-electron chi connectivity index (χ0n) is 24.4. The number of aryl methyl sites for hydroxylation is 1. The van der Waals surface area contributed by atoms with E-state index in [2.05, 4.69) is 85.9 Å². The van der Waals surface area contributed by atoms with E-state index in [0.717, 1.165) is 16.6 Å². The number of ether oxygens (including phenoxy) is 1. The number of carbonyl (C=O) groups is 1. The Labute approximate surface area is 224 Å². The number of para-hydroxylation sites is 1. The number of hydrogen-bond acceptors (Lipinski definition) is 5. The molecule has 8 heteroatoms. The molecule has 1 heterocycles. The molecule has 202 valence electrons. The Morgan fingerprint density at radius 1 is 1.05 bits per heavy atom. The minimum atomic E-state index is -2.05. The first kappa shape index (κ1) is 29.4. The molecule has 1 atom stereocenters. The first-order chi connectivity index (χ1) is 17.0. The van der Waals surface area contributed by atoms with Crippen LogP contribution in [0.15, 0.2) is 42.5 Å². The van der Waals surface area contributed by atoms with E-state index < -0.39 is 26.6 Å². The fourth-order valence-corrected chi connectivity index (χ4v) is 5.02. The maximum absolute atomic E-state index is 13.4. The molecule has 0 aromatic heterocycles. The van der Waals surface area contributed by atoms with E-state index >= 15 is 0 Å². The first-order valence-corrected chi connectivity index (χ1v) is 15.9. The Hall–Kier alpha value is -2.13. The second-order valence-electron chi connectivity index (χ2n) is 12.5. The highest BCUT2D eigenvalue weighted by atomic mass is 28.4. The van der Waals surface area contributed by atoms with Gasteiger partial charge in [0.1, 0.15) is 5.75 Å². The molecule has 37 heavy (non-hydrogen) atoms. The van der Waals surface area contributed by atoms with Crippen molar-refractivity contribution in [2.24, 2.45) is 0 Å². The SMILES string of the molecule is COc1ccccc1C(=O)NC(CO[Si](C)(C)C(C)(C)C)c1ccc(B2OC(C)(C)C(C)(C)O2)cc1C. The molecule has 6 nitrogen and oxygen atoms in total. The topological polar surface area (TPSA) is 66.0 Å². The molecule has 2 aromatic rings. The lowest BCUT2D eigenvalue weighted by Crippen LogP contribution is -2.44. The van der Waals surface area contributed by atoms with Crippen molar-refractivity contribution in [2.45, 2.75) is 90.8 Å². The lowest BCUT2D eigenvalue weighted by Gasteiger charge is -2.37. The fraction of sp³-hybridized carbons (Fsp3) is 0.552. The molecule has 1 amide bonds. The van der Waals surface area contributed by atoms with Crippen LogP contribution in [0, 0.1) is 6.92 Å². The molecular weight excluding hydrogens is 481 g/mol. The van der Waals surface area contributed by atoms with Crippen LogP contribution in [0.1, 0.15) is 76.0 Å². The summed E-state index contributed by atoms with van der Waals surface area (Å²) in [7, 11) is -0.916. The second-order valence-corrected chi connectivity index (χ2v) is 17.3. The summed E-state index contributed by atoms with van der Waals surface area (Å²) in [6.07, 6.45) is 0. The monoisotopic (exact) mass is 525 g/mol. The van der Waals surface area contributed by atoms with Gasteiger partial charge in [0, 0.05) is 0 Å². The van der Waals surface area contributed by atoms with Crippen LogP contribution in [0.5, 0.6) is 5.75 Å². The zero-order chi connectivity index (χ0) is 27.8. The number of nitrogens with one attached hydrogen (secondary N) is 1. The molecule has 0 aliphatic carbocycles. The van der Waals surface area contributed by atoms with Crippen molar-refractivity contribution >= 4 is 26.8 Å². The van der Waals surface area contributed by atoms with Gasteiger partial charge in [0.25, 0.3) is 5.91 Å². The van der Waals surface area contributed by atoms with Gasteiger partial charge in [-0.2, -0.15) is 0 Å². The highest BCUT2D eigenvalue weighted by Gasteiger charge is 2.51. The lowest BCUT2D eigenvalue weighted by molar-refractivity contribution is 0.00578. The minimum absolute atomic E-state index is 0.0554. The minimum Gasteiger partial charge on any atom is -0.496 e. The molecule has 0 radical (unpaired) electrons. The van der Waals surface area contributed by atoms with Crippen LogP contribution in [-0.2, 0) is 13.7 Å². The second kappa shape index (κ2) is 10.6. The first-order valence-electron chi connectivity index (χ1n) is 13.0. The average Bonchev–Trinajstić information content (AvgIpc) is 3.02. The highest BCUT2D eigenvalue weighted by Crippen LogP contribution is 2.38. The summed E-state index contributed by atoms with van der Waals surface area (Å²) in [6.45, 7) is 21.7. The van der Waals surface area contributed by atoms with E-state index in [1.165, 1.54) is 0 Å². The van der Waals surface area contributed by atoms with Crippen molar-refractivity contribution in [1.82, 2.24) is 5.32 Å². The highest BCUT2D eigenvalue weighted by molar-refractivity contribution is 6.74. The molecule has 1 fully saturated rings. The molecule has 3 rings (SSSR count). The molecule has 2 aromatic carbocycles. The third kappa shape index (κ3) is 6.31. The van der Waals surface area contributed by atoms with Crippen molar-refractivity contribution < 1.29 is 23.3 Å². The summed E-state index contributed by atoms with van der Waals surface area (Å²) < 4.78 is 24.5. The number of carbonyl (C=O) groups excluding carboxylic acids is 1. The summed E-state index contributed by atoms with van der Waals surface area (Å²) in [5.74, 6) is 0.340. The molecule has 0 spiro atoms. The van der Waals surface area contributed by atoms with Crippen LogP contribution in [-0.4, -0.2) is 46.3 Å². The summed E-state index contributed by atoms with van der Waals surface area (Å²) in [4.78, 5) is 13.4. The summed E-state index contributed by atoms with van der Waals surface area (Å²) in [5.41, 5.74) is 2.67. The molecule has 1 N–H and O–H groups in total. The van der Waals surface area contributed by atoms with Crippen molar-refractivity contribution in [2.75, 3.05) is 13.7 Å². The summed E-state index contributed by atoms with van der Waals surface area (Å²) in [5, 5.41) is 3.28. The van der Waals surface area contributed by atoms with Gasteiger partial charge in [-0.3, -0.25) is 4.79 Å². The predicted molar refractivity (Wildman–Crippen MR) is 153 cm³/mol. The van der Waals surface area contributed by atoms with Gasteiger partial charge in [-0.05, 0) is 81.5 Å². The third-order valence-corrected chi connectivity index (χ3v) is 12.8. The Balaban J connectivity index is 1.92. The van der Waals surface area contributed by atoms with Crippen LogP contribution in [0.25, 0.3) is 0 Å². The smallest absolute Gasteiger partial charge is 0.494 e. The van der Waals surface area contributed by atoms with Crippen LogP contribution < -0.4 is 15.5 Å². The zero-order valence-corrected chi connectivity index (χ0v) is 25.4. The van der Waals surface area contributed by atoms with Crippen molar-refractivity contribution in [3.8, 4) is 5.75 Å². The Kier molecular flexibility index (Phi) is 8.40. The van der Waals surface area contributed by atoms with E-state index in [1.54, 1.807) is 19.2 Å². The van der Waals surface area contributed by atoms with E-state index in [1.807, 2.05) is 18.2 Å². The number of rotatable bonds is 8. The van der Waals surface area contributed by atoms with Crippen LogP contribution in [0.3, 0.4) is 0 Å². The number of benzene rings is 2. The summed E-state index contributed by atoms with van der Waals surface area (Å²) >= 11 is 0. The van der Waals surface area contributed by atoms with Gasteiger partial charge in [-0.25, -0.2) is 0 Å². The largest absolute Gasteiger partial charge is 0.496 e. The van der Waals surface area contributed by atoms with Gasteiger partial charge in [0.15, 0.2) is 8.32 Å². The molecule has 1 unspecified atom stereocenters. The van der Waals surface area contributed by atoms with Crippen LogP contribution in [0.2, 0.25) is 18.1 Å². The molecule has 0 saturated carbocycles. The maximum atomic E-state index is 13.4. The van der Waals surface area contributed by atoms with Crippen LogP contribution in [0.4, 0.5) is 0 Å². The van der Waals surface area contributed by atoms with E-state index in [9.17, 15) is 4.79 Å². The van der Waals surface area contributed by atoms with E-state index in [0.29, 0.717) is 17.9 Å². The maximum Gasteiger partial charge on any atom is 0.494 e. The molecule has 1 saturated heterocycles. The molecular formula is C29H44BNO5Si. The number of amides is 1. The lowest BCUT2D eigenvalue weighted by atomic mass is 9.77. The Morgan fingerprint density at radius 3 is 2.19 bits per heavy atom.